The van der Waals surface area contributed by atoms with Gasteiger partial charge in [0.25, 0.3) is 0 Å². The summed E-state index contributed by atoms with van der Waals surface area (Å²) in [5.41, 5.74) is 2.94. The van der Waals surface area contributed by atoms with Crippen LogP contribution in [0.5, 0.6) is 5.75 Å². The van der Waals surface area contributed by atoms with Gasteiger partial charge in [-0.25, -0.2) is 4.79 Å². The van der Waals surface area contributed by atoms with Gasteiger partial charge in [-0.3, -0.25) is 0 Å². The van der Waals surface area contributed by atoms with Crippen molar-refractivity contribution in [2.45, 2.75) is 26.5 Å². The van der Waals surface area contributed by atoms with Crippen molar-refractivity contribution < 1.29 is 14.3 Å². The maximum Gasteiger partial charge on any atom is 0.338 e. The molecule has 0 fully saturated rings. The number of rotatable bonds is 6. The molecule has 2 N–H and O–H groups in total. The Labute approximate surface area is 164 Å². The number of hydrogen-bond acceptors (Lipinski definition) is 4. The molecule has 2 aromatic rings. The van der Waals surface area contributed by atoms with Crippen LogP contribution in [0, 0.1) is 0 Å². The first kappa shape index (κ1) is 18.9. The van der Waals surface area contributed by atoms with E-state index in [1.54, 1.807) is 0 Å². The predicted molar refractivity (Wildman–Crippen MR) is 108 cm³/mol. The number of thiocarbonyl (C=S) groups is 1. The minimum atomic E-state index is -0.440. The topological polar surface area (TPSA) is 59.6 Å². The summed E-state index contributed by atoms with van der Waals surface area (Å²) < 4.78 is 11.3. The summed E-state index contributed by atoms with van der Waals surface area (Å²) in [6.45, 7) is 4.49. The third kappa shape index (κ3) is 4.46. The molecule has 6 heteroatoms. The van der Waals surface area contributed by atoms with Gasteiger partial charge in [0.15, 0.2) is 5.11 Å². The second kappa shape index (κ2) is 8.68. The largest absolute Gasteiger partial charge is 0.494 e. The molecule has 2 aromatic carbocycles. The molecule has 5 nitrogen and oxygen atoms in total. The third-order valence-corrected chi connectivity index (χ3v) is 4.45. The highest BCUT2D eigenvalue weighted by Crippen LogP contribution is 2.33. The molecule has 1 aliphatic heterocycles. The van der Waals surface area contributed by atoms with Crippen molar-refractivity contribution in [1.82, 2.24) is 10.6 Å². The molecule has 1 aliphatic rings. The van der Waals surface area contributed by atoms with Crippen LogP contribution >= 0.6 is 12.2 Å². The van der Waals surface area contributed by atoms with E-state index < -0.39 is 12.0 Å². The number of hydrogen-bond donors (Lipinski definition) is 2. The lowest BCUT2D eigenvalue weighted by Crippen LogP contribution is -2.45. The van der Waals surface area contributed by atoms with Crippen LogP contribution in [0.3, 0.4) is 0 Å². The van der Waals surface area contributed by atoms with Crippen LogP contribution in [0.15, 0.2) is 65.9 Å². The zero-order valence-electron chi connectivity index (χ0n) is 15.3. The van der Waals surface area contributed by atoms with Gasteiger partial charge in [0.05, 0.1) is 18.2 Å². The van der Waals surface area contributed by atoms with Crippen LogP contribution in [0.2, 0.25) is 0 Å². The molecule has 27 heavy (non-hydrogen) atoms. The van der Waals surface area contributed by atoms with Gasteiger partial charge in [0, 0.05) is 11.3 Å². The van der Waals surface area contributed by atoms with Gasteiger partial charge in [-0.2, -0.15) is 0 Å². The molecule has 0 amide bonds. The highest BCUT2D eigenvalue weighted by atomic mass is 32.1. The van der Waals surface area contributed by atoms with Gasteiger partial charge in [0.2, 0.25) is 0 Å². The fourth-order valence-electron chi connectivity index (χ4n) is 3.00. The van der Waals surface area contributed by atoms with E-state index in [0.29, 0.717) is 28.7 Å². The first-order valence-electron chi connectivity index (χ1n) is 8.81. The van der Waals surface area contributed by atoms with Gasteiger partial charge >= 0.3 is 5.97 Å². The number of esters is 1. The molecule has 0 saturated heterocycles. The van der Waals surface area contributed by atoms with Crippen molar-refractivity contribution in [2.75, 3.05) is 6.61 Å². The van der Waals surface area contributed by atoms with Crippen molar-refractivity contribution in [2.24, 2.45) is 0 Å². The van der Waals surface area contributed by atoms with E-state index in [9.17, 15) is 4.79 Å². The van der Waals surface area contributed by atoms with Gasteiger partial charge in [-0.1, -0.05) is 48.5 Å². The highest BCUT2D eigenvalue weighted by molar-refractivity contribution is 7.80. The summed E-state index contributed by atoms with van der Waals surface area (Å²) in [7, 11) is 0. The molecule has 0 bridgehead atoms. The molecule has 0 radical (unpaired) electrons. The predicted octanol–water partition coefficient (Wildman–Crippen LogP) is 3.62. The Kier molecular flexibility index (Phi) is 6.08. The number of allylic oxidation sites excluding steroid dienone is 1. The van der Waals surface area contributed by atoms with E-state index >= 15 is 0 Å². The molecule has 0 saturated carbocycles. The quantitative estimate of drug-likeness (QED) is 0.588. The van der Waals surface area contributed by atoms with Crippen molar-refractivity contribution in [3.05, 3.63) is 77.0 Å². The zero-order valence-corrected chi connectivity index (χ0v) is 16.1. The van der Waals surface area contributed by atoms with E-state index in [0.717, 1.165) is 11.1 Å². The SMILES string of the molecule is CCOc1ccccc1C1NC(=S)NC(C)=C1C(=O)OCc1ccccc1. The van der Waals surface area contributed by atoms with E-state index in [4.69, 9.17) is 21.7 Å². The third-order valence-electron chi connectivity index (χ3n) is 4.23. The van der Waals surface area contributed by atoms with E-state index in [-0.39, 0.29) is 6.61 Å². The normalized spacial score (nSPS) is 16.4. The maximum absolute atomic E-state index is 12.9. The lowest BCUT2D eigenvalue weighted by molar-refractivity contribution is -0.140. The molecule has 1 unspecified atom stereocenters. The van der Waals surface area contributed by atoms with Crippen LogP contribution in [0.25, 0.3) is 0 Å². The number of para-hydroxylation sites is 1. The second-order valence-electron chi connectivity index (χ2n) is 6.10. The summed E-state index contributed by atoms with van der Waals surface area (Å²) in [6.07, 6.45) is 0. The van der Waals surface area contributed by atoms with Gasteiger partial charge in [-0.15, -0.1) is 0 Å². The minimum Gasteiger partial charge on any atom is -0.494 e. The Morgan fingerprint density at radius 3 is 2.56 bits per heavy atom. The standard InChI is InChI=1S/C21H22N2O3S/c1-3-25-17-12-8-7-11-16(17)19-18(14(2)22-21(27)23-19)20(24)26-13-15-9-5-4-6-10-15/h4-12,19H,3,13H2,1-2H3,(H2,22,23,27). The van der Waals surface area contributed by atoms with Gasteiger partial charge in [0.1, 0.15) is 12.4 Å². The highest BCUT2D eigenvalue weighted by Gasteiger charge is 2.32. The number of carbonyl (C=O) groups excluding carboxylic acids is 1. The molecular formula is C21H22N2O3S. The Morgan fingerprint density at radius 2 is 1.81 bits per heavy atom. The minimum absolute atomic E-state index is 0.209. The van der Waals surface area contributed by atoms with Crippen molar-refractivity contribution in [3.8, 4) is 5.75 Å². The lowest BCUT2D eigenvalue weighted by atomic mass is 9.95. The Hall–Kier alpha value is -2.86. The Bertz CT molecular complexity index is 865. The molecule has 0 spiro atoms. The summed E-state index contributed by atoms with van der Waals surface area (Å²) in [5, 5.41) is 6.65. The van der Waals surface area contributed by atoms with E-state index in [1.165, 1.54) is 0 Å². The number of benzene rings is 2. The van der Waals surface area contributed by atoms with E-state index in [1.807, 2.05) is 68.4 Å². The fourth-order valence-corrected chi connectivity index (χ4v) is 3.28. The number of ether oxygens (including phenoxy) is 2. The summed E-state index contributed by atoms with van der Waals surface area (Å²) in [5.74, 6) is 0.318. The van der Waals surface area contributed by atoms with Crippen LogP contribution < -0.4 is 15.4 Å². The van der Waals surface area contributed by atoms with Crippen molar-refractivity contribution in [3.63, 3.8) is 0 Å². The van der Waals surface area contributed by atoms with Crippen LogP contribution in [-0.2, 0) is 16.1 Å². The number of nitrogens with one attached hydrogen (secondary N) is 2. The monoisotopic (exact) mass is 382 g/mol. The molecule has 0 aromatic heterocycles. The number of carbonyl (C=O) groups is 1. The smallest absolute Gasteiger partial charge is 0.338 e. The summed E-state index contributed by atoms with van der Waals surface area (Å²) in [6, 6.07) is 16.8. The molecule has 1 heterocycles. The molecular weight excluding hydrogens is 360 g/mol. The second-order valence-corrected chi connectivity index (χ2v) is 6.51. The molecule has 140 valence electrons. The van der Waals surface area contributed by atoms with Gasteiger partial charge < -0.3 is 20.1 Å². The van der Waals surface area contributed by atoms with Crippen LogP contribution in [-0.4, -0.2) is 17.7 Å². The van der Waals surface area contributed by atoms with Crippen molar-refractivity contribution in [1.29, 1.82) is 0 Å². The maximum atomic E-state index is 12.9. The summed E-state index contributed by atoms with van der Waals surface area (Å²) >= 11 is 5.30. The van der Waals surface area contributed by atoms with Gasteiger partial charge in [-0.05, 0) is 37.7 Å². The van der Waals surface area contributed by atoms with Crippen LogP contribution in [0.1, 0.15) is 31.0 Å². The molecule has 1 atom stereocenters. The first-order valence-corrected chi connectivity index (χ1v) is 9.22. The fraction of sp³-hybridized carbons (Fsp3) is 0.238. The average molecular weight is 382 g/mol. The lowest BCUT2D eigenvalue weighted by Gasteiger charge is -2.30. The first-order chi connectivity index (χ1) is 13.1. The zero-order chi connectivity index (χ0) is 19.2. The summed E-state index contributed by atoms with van der Waals surface area (Å²) in [4.78, 5) is 12.9. The van der Waals surface area contributed by atoms with Crippen LogP contribution in [0.4, 0.5) is 0 Å². The Balaban J connectivity index is 1.89. The average Bonchev–Trinajstić information content (AvgIpc) is 2.67. The van der Waals surface area contributed by atoms with Crippen molar-refractivity contribution >= 4 is 23.3 Å². The van der Waals surface area contributed by atoms with E-state index in [2.05, 4.69) is 10.6 Å². The Morgan fingerprint density at radius 1 is 1.11 bits per heavy atom. The molecule has 0 aliphatic carbocycles. The molecule has 3 rings (SSSR count).